The van der Waals surface area contributed by atoms with Crippen molar-refractivity contribution in [3.63, 3.8) is 0 Å². The Morgan fingerprint density at radius 2 is 2.35 bits per heavy atom. The van der Waals surface area contributed by atoms with Gasteiger partial charge in [0.2, 0.25) is 11.7 Å². The normalized spacial score (nSPS) is 30.4. The van der Waals surface area contributed by atoms with Crippen molar-refractivity contribution in [3.05, 3.63) is 11.7 Å². The zero-order valence-corrected chi connectivity index (χ0v) is 10.5. The van der Waals surface area contributed by atoms with Gasteiger partial charge in [0.1, 0.15) is 6.10 Å². The Kier molecular flexibility index (Phi) is 3.63. The van der Waals surface area contributed by atoms with E-state index in [1.54, 1.807) is 0 Å². The molecule has 1 N–H and O–H groups in total. The van der Waals surface area contributed by atoms with Crippen molar-refractivity contribution in [1.82, 2.24) is 15.5 Å². The van der Waals surface area contributed by atoms with E-state index in [1.807, 2.05) is 11.8 Å². The maximum atomic E-state index is 5.64. The molecule has 0 amide bonds. The topological polar surface area (TPSA) is 60.2 Å². The van der Waals surface area contributed by atoms with Crippen LogP contribution in [0.2, 0.25) is 0 Å². The van der Waals surface area contributed by atoms with Crippen LogP contribution in [-0.4, -0.2) is 34.8 Å². The van der Waals surface area contributed by atoms with Crippen LogP contribution in [0, 0.1) is 0 Å². The highest BCUT2D eigenvalue weighted by Crippen LogP contribution is 2.27. The molecular weight excluding hydrogens is 238 g/mol. The highest BCUT2D eigenvalue weighted by molar-refractivity contribution is 7.99. The summed E-state index contributed by atoms with van der Waals surface area (Å²) < 4.78 is 11.0. The number of hydrogen-bond acceptors (Lipinski definition) is 6. The molecule has 94 valence electrons. The molecule has 3 rings (SSSR count). The Morgan fingerprint density at radius 3 is 3.12 bits per heavy atom. The molecule has 0 spiro atoms. The molecule has 0 radical (unpaired) electrons. The molecule has 1 aromatic rings. The second kappa shape index (κ2) is 5.37. The number of hydrogen-bond donors (Lipinski definition) is 1. The summed E-state index contributed by atoms with van der Waals surface area (Å²) in [5.74, 6) is 3.42. The van der Waals surface area contributed by atoms with Gasteiger partial charge in [-0.25, -0.2) is 0 Å². The molecule has 6 heteroatoms. The average molecular weight is 255 g/mol. The first kappa shape index (κ1) is 11.5. The van der Waals surface area contributed by atoms with Crippen molar-refractivity contribution in [2.75, 3.05) is 24.7 Å². The largest absolute Gasteiger partial charge is 0.368 e. The average Bonchev–Trinajstić information content (AvgIpc) is 2.90. The fourth-order valence-electron chi connectivity index (χ4n) is 2.22. The fourth-order valence-corrected chi connectivity index (χ4v) is 3.06. The van der Waals surface area contributed by atoms with E-state index in [0.717, 1.165) is 37.0 Å². The Hall–Kier alpha value is -0.590. The summed E-state index contributed by atoms with van der Waals surface area (Å²) in [4.78, 5) is 4.48. The Bertz CT molecular complexity index is 327. The maximum Gasteiger partial charge on any atom is 0.243 e. The molecule has 2 aliphatic heterocycles. The van der Waals surface area contributed by atoms with Crippen LogP contribution in [0.5, 0.6) is 0 Å². The number of nitrogens with zero attached hydrogens (tertiary/aromatic N) is 2. The lowest BCUT2D eigenvalue weighted by Crippen LogP contribution is -2.27. The van der Waals surface area contributed by atoms with E-state index in [4.69, 9.17) is 9.26 Å². The molecule has 2 saturated heterocycles. The molecule has 5 nitrogen and oxygen atoms in total. The summed E-state index contributed by atoms with van der Waals surface area (Å²) in [6.45, 7) is 1.82. The number of nitrogens with one attached hydrogen (secondary N) is 1. The van der Waals surface area contributed by atoms with Crippen molar-refractivity contribution in [1.29, 1.82) is 0 Å². The quantitative estimate of drug-likeness (QED) is 0.867. The Balaban J connectivity index is 1.68. The predicted octanol–water partition coefficient (Wildman–Crippen LogP) is 1.69. The van der Waals surface area contributed by atoms with Crippen molar-refractivity contribution < 1.29 is 9.26 Å². The molecular formula is C11H17N3O2S. The number of thioether (sulfide) groups is 1. The summed E-state index contributed by atoms with van der Waals surface area (Å²) in [5, 5.41) is 7.46. The number of ether oxygens (including phenoxy) is 1. The predicted molar refractivity (Wildman–Crippen MR) is 64.9 cm³/mol. The minimum atomic E-state index is 0.00911. The molecule has 2 aliphatic rings. The molecule has 0 saturated carbocycles. The van der Waals surface area contributed by atoms with Gasteiger partial charge in [0.15, 0.2) is 0 Å². The zero-order valence-electron chi connectivity index (χ0n) is 9.72. The fraction of sp³-hybridized carbons (Fsp3) is 0.818. The molecule has 3 heterocycles. The van der Waals surface area contributed by atoms with E-state index in [9.17, 15) is 0 Å². The van der Waals surface area contributed by atoms with Crippen LogP contribution in [0.15, 0.2) is 4.52 Å². The minimum absolute atomic E-state index is 0.00911. The van der Waals surface area contributed by atoms with E-state index in [-0.39, 0.29) is 12.1 Å². The molecule has 2 unspecified atom stereocenters. The minimum Gasteiger partial charge on any atom is -0.368 e. The van der Waals surface area contributed by atoms with Gasteiger partial charge in [0.05, 0.1) is 12.6 Å². The molecule has 2 fully saturated rings. The van der Waals surface area contributed by atoms with E-state index >= 15 is 0 Å². The van der Waals surface area contributed by atoms with Gasteiger partial charge in [-0.1, -0.05) is 11.6 Å². The Morgan fingerprint density at radius 1 is 1.35 bits per heavy atom. The van der Waals surface area contributed by atoms with Crippen LogP contribution in [-0.2, 0) is 4.74 Å². The van der Waals surface area contributed by atoms with Crippen LogP contribution in [0.4, 0.5) is 0 Å². The number of rotatable bonds is 2. The van der Waals surface area contributed by atoms with Gasteiger partial charge < -0.3 is 14.6 Å². The Labute approximate surface area is 105 Å². The van der Waals surface area contributed by atoms with Crippen molar-refractivity contribution in [2.45, 2.75) is 31.4 Å². The highest BCUT2D eigenvalue weighted by atomic mass is 32.2. The summed E-state index contributed by atoms with van der Waals surface area (Å²) >= 11 is 1.88. The second-order valence-corrected chi connectivity index (χ2v) is 5.58. The molecule has 2 atom stereocenters. The first-order valence-electron chi connectivity index (χ1n) is 6.20. The standard InChI is InChI=1S/C11H17N3O2S/c1-2-4-12-8(3-1)11-13-10(14-16-11)9-7-17-6-5-15-9/h8-9,12H,1-7H2. The number of aromatic nitrogens is 2. The lowest BCUT2D eigenvalue weighted by Gasteiger charge is -2.20. The zero-order chi connectivity index (χ0) is 11.5. The molecule has 0 bridgehead atoms. The second-order valence-electron chi connectivity index (χ2n) is 4.43. The lowest BCUT2D eigenvalue weighted by molar-refractivity contribution is 0.0677. The summed E-state index contributed by atoms with van der Waals surface area (Å²) in [5.41, 5.74) is 0. The van der Waals surface area contributed by atoms with Crippen LogP contribution >= 0.6 is 11.8 Å². The van der Waals surface area contributed by atoms with Crippen LogP contribution in [0.25, 0.3) is 0 Å². The van der Waals surface area contributed by atoms with Crippen molar-refractivity contribution in [3.8, 4) is 0 Å². The van der Waals surface area contributed by atoms with E-state index in [2.05, 4.69) is 15.5 Å². The summed E-state index contributed by atoms with van der Waals surface area (Å²) in [6, 6.07) is 0.237. The smallest absolute Gasteiger partial charge is 0.243 e. The first-order chi connectivity index (χ1) is 8.43. The van der Waals surface area contributed by atoms with Gasteiger partial charge in [0, 0.05) is 11.5 Å². The van der Waals surface area contributed by atoms with Gasteiger partial charge in [-0.05, 0) is 19.4 Å². The molecule has 17 heavy (non-hydrogen) atoms. The number of piperidine rings is 1. The highest BCUT2D eigenvalue weighted by Gasteiger charge is 2.25. The lowest BCUT2D eigenvalue weighted by atomic mass is 10.1. The van der Waals surface area contributed by atoms with E-state index in [1.165, 1.54) is 12.8 Å². The maximum absolute atomic E-state index is 5.64. The molecule has 1 aromatic heterocycles. The van der Waals surface area contributed by atoms with Crippen molar-refractivity contribution in [2.24, 2.45) is 0 Å². The first-order valence-corrected chi connectivity index (χ1v) is 7.35. The third kappa shape index (κ3) is 2.64. The van der Waals surface area contributed by atoms with Crippen LogP contribution in [0.3, 0.4) is 0 Å². The van der Waals surface area contributed by atoms with Gasteiger partial charge in [-0.15, -0.1) is 0 Å². The van der Waals surface area contributed by atoms with Gasteiger partial charge in [-0.3, -0.25) is 0 Å². The van der Waals surface area contributed by atoms with Crippen LogP contribution in [0.1, 0.15) is 43.1 Å². The summed E-state index contributed by atoms with van der Waals surface area (Å²) in [7, 11) is 0. The van der Waals surface area contributed by atoms with Crippen LogP contribution < -0.4 is 5.32 Å². The SMILES string of the molecule is C1CCC(c2nc(C3CSCCO3)no2)NC1. The van der Waals surface area contributed by atoms with Gasteiger partial charge >= 0.3 is 0 Å². The van der Waals surface area contributed by atoms with E-state index < -0.39 is 0 Å². The monoisotopic (exact) mass is 255 g/mol. The summed E-state index contributed by atoms with van der Waals surface area (Å²) in [6.07, 6.45) is 3.56. The van der Waals surface area contributed by atoms with E-state index in [0.29, 0.717) is 5.82 Å². The van der Waals surface area contributed by atoms with Gasteiger partial charge in [0.25, 0.3) is 0 Å². The molecule has 0 aliphatic carbocycles. The molecule has 0 aromatic carbocycles. The van der Waals surface area contributed by atoms with Crippen molar-refractivity contribution >= 4 is 11.8 Å². The van der Waals surface area contributed by atoms with Gasteiger partial charge in [-0.2, -0.15) is 16.7 Å². The third-order valence-corrected chi connectivity index (χ3v) is 4.16. The third-order valence-electron chi connectivity index (χ3n) is 3.17.